The molecule has 26 heavy (non-hydrogen) atoms. The van der Waals surface area contributed by atoms with Crippen LogP contribution in [0.15, 0.2) is 10.4 Å². The fraction of sp³-hybridized carbons (Fsp3) is 0.905. The molecule has 0 atom stereocenters. The highest BCUT2D eigenvalue weighted by atomic mass is 32.1. The predicted molar refractivity (Wildman–Crippen MR) is 120 cm³/mol. The Bertz CT molecular complexity index is 375. The van der Waals surface area contributed by atoms with Crippen molar-refractivity contribution >= 4 is 24.2 Å². The van der Waals surface area contributed by atoms with Crippen molar-refractivity contribution in [2.75, 3.05) is 0 Å². The van der Waals surface area contributed by atoms with E-state index in [-0.39, 0.29) is 5.54 Å². The van der Waals surface area contributed by atoms with Crippen molar-refractivity contribution in [3.8, 4) is 0 Å². The van der Waals surface area contributed by atoms with Crippen LogP contribution in [0.5, 0.6) is 0 Å². The lowest BCUT2D eigenvalue weighted by Gasteiger charge is -2.17. The van der Waals surface area contributed by atoms with E-state index < -0.39 is 0 Å². The molecule has 5 heteroatoms. The second-order valence-electron chi connectivity index (χ2n) is 8.10. The first-order valence-corrected chi connectivity index (χ1v) is 12.0. The van der Waals surface area contributed by atoms with E-state index in [2.05, 4.69) is 43.0 Å². The number of nitrogens with zero attached hydrogens (tertiary/aromatic N) is 2. The van der Waals surface area contributed by atoms with Crippen LogP contribution in [-0.2, 0) is 0 Å². The van der Waals surface area contributed by atoms with Gasteiger partial charge in [-0.1, -0.05) is 101 Å². The molecule has 0 bridgehead atoms. The van der Waals surface area contributed by atoms with Crippen LogP contribution in [0.2, 0.25) is 0 Å². The van der Waals surface area contributed by atoms with Gasteiger partial charge in [-0.2, -0.15) is 0 Å². The maximum absolute atomic E-state index is 5.98. The Kier molecular flexibility index (Phi) is 18.2. The summed E-state index contributed by atoms with van der Waals surface area (Å²) in [6.45, 7) is 6.56. The third-order valence-electron chi connectivity index (χ3n) is 4.52. The fourth-order valence-electron chi connectivity index (χ4n) is 2.93. The van der Waals surface area contributed by atoms with Gasteiger partial charge >= 0.3 is 0 Å². The first kappa shape index (κ1) is 25.9. The summed E-state index contributed by atoms with van der Waals surface area (Å²) >= 11 is 5.17. The molecule has 3 nitrogen and oxygen atoms in total. The lowest BCUT2D eigenvalue weighted by atomic mass is 9.97. The Hall–Kier alpha value is -0.130. The van der Waals surface area contributed by atoms with Crippen LogP contribution in [0.3, 0.4) is 0 Å². The second-order valence-corrected chi connectivity index (χ2v) is 9.17. The molecule has 1 aromatic rings. The minimum atomic E-state index is 0.0388. The van der Waals surface area contributed by atoms with Crippen LogP contribution in [-0.4, -0.2) is 15.1 Å². The highest BCUT2D eigenvalue weighted by Crippen LogP contribution is 2.15. The molecule has 1 rings (SSSR count). The van der Waals surface area contributed by atoms with E-state index in [0.717, 1.165) is 0 Å². The zero-order valence-corrected chi connectivity index (χ0v) is 19.2. The van der Waals surface area contributed by atoms with Gasteiger partial charge in [0, 0.05) is 10.9 Å². The molecule has 2 N–H and O–H groups in total. The minimum absolute atomic E-state index is 0.0388. The minimum Gasteiger partial charge on any atom is -0.326 e. The molecule has 0 aliphatic rings. The molecule has 0 aromatic carbocycles. The van der Waals surface area contributed by atoms with Crippen LogP contribution >= 0.6 is 24.2 Å². The summed E-state index contributed by atoms with van der Waals surface area (Å²) in [5, 5.41) is 6.01. The van der Waals surface area contributed by atoms with Gasteiger partial charge in [-0.15, -0.1) is 17.7 Å². The molecule has 1 aromatic heterocycles. The Morgan fingerprint density at radius 3 is 1.54 bits per heavy atom. The Balaban J connectivity index is 0.000000867. The first-order valence-electron chi connectivity index (χ1n) is 10.7. The van der Waals surface area contributed by atoms with Gasteiger partial charge in [0.15, 0.2) is 0 Å². The van der Waals surface area contributed by atoms with Gasteiger partial charge in [-0.3, -0.25) is 0 Å². The van der Waals surface area contributed by atoms with Crippen molar-refractivity contribution in [1.82, 2.24) is 9.59 Å². The highest BCUT2D eigenvalue weighted by Gasteiger charge is 2.08. The van der Waals surface area contributed by atoms with E-state index >= 15 is 0 Å². The number of hydrogen-bond acceptors (Lipinski definition) is 5. The van der Waals surface area contributed by atoms with Crippen molar-refractivity contribution in [2.45, 2.75) is 128 Å². The number of thiol groups is 1. The maximum atomic E-state index is 5.98. The molecule has 0 aliphatic heterocycles. The third kappa shape index (κ3) is 21.9. The van der Waals surface area contributed by atoms with E-state index in [4.69, 9.17) is 5.73 Å². The largest absolute Gasteiger partial charge is 0.326 e. The van der Waals surface area contributed by atoms with Crippen molar-refractivity contribution in [3.63, 3.8) is 0 Å². The summed E-state index contributed by atoms with van der Waals surface area (Å²) in [6.07, 6.45) is 21.2. The molecule has 0 radical (unpaired) electrons. The summed E-state index contributed by atoms with van der Waals surface area (Å²) in [7, 11) is 0. The summed E-state index contributed by atoms with van der Waals surface area (Å²) in [5.41, 5.74) is 6.02. The molecule has 0 saturated heterocycles. The molecular weight excluding hydrogens is 358 g/mol. The molecule has 0 amide bonds. The highest BCUT2D eigenvalue weighted by molar-refractivity contribution is 7.80. The zero-order valence-electron chi connectivity index (χ0n) is 17.5. The monoisotopic (exact) mass is 401 g/mol. The quantitative estimate of drug-likeness (QED) is 0.237. The summed E-state index contributed by atoms with van der Waals surface area (Å²) in [6, 6.07) is 0. The van der Waals surface area contributed by atoms with Crippen LogP contribution in [0.4, 0.5) is 0 Å². The molecule has 0 aliphatic carbocycles. The van der Waals surface area contributed by atoms with Gasteiger partial charge in [0.05, 0.1) is 0 Å². The lowest BCUT2D eigenvalue weighted by molar-refractivity contribution is 0.440. The Morgan fingerprint density at radius 2 is 1.27 bits per heavy atom. The maximum Gasteiger partial charge on any atom is 0.128 e. The van der Waals surface area contributed by atoms with Gasteiger partial charge < -0.3 is 5.73 Å². The van der Waals surface area contributed by atoms with Crippen molar-refractivity contribution in [3.05, 3.63) is 5.38 Å². The summed E-state index contributed by atoms with van der Waals surface area (Å²) in [4.78, 5) is 0. The van der Waals surface area contributed by atoms with Gasteiger partial charge in [0.2, 0.25) is 0 Å². The smallest absolute Gasteiger partial charge is 0.128 e. The van der Waals surface area contributed by atoms with Gasteiger partial charge in [-0.05, 0) is 31.8 Å². The fourth-order valence-corrected chi connectivity index (χ4v) is 3.51. The van der Waals surface area contributed by atoms with Gasteiger partial charge in [0.1, 0.15) is 5.03 Å². The number of rotatable bonds is 15. The SMILES string of the molecule is CCCCCCCCCCCCCCCCC(C)(C)N.Sc1csnn1. The molecule has 154 valence electrons. The molecule has 0 unspecified atom stereocenters. The first-order chi connectivity index (χ1) is 12.5. The van der Waals surface area contributed by atoms with E-state index in [1.807, 2.05) is 0 Å². The number of hydrogen-bond donors (Lipinski definition) is 2. The van der Waals surface area contributed by atoms with Crippen LogP contribution in [0, 0.1) is 0 Å². The Morgan fingerprint density at radius 1 is 0.846 bits per heavy atom. The molecular formula is C21H43N3S2. The number of nitrogens with two attached hydrogens (primary N) is 1. The second kappa shape index (κ2) is 18.2. The number of unbranched alkanes of at least 4 members (excludes halogenated alkanes) is 13. The topological polar surface area (TPSA) is 51.8 Å². The molecule has 0 fully saturated rings. The average molecular weight is 402 g/mol. The number of aromatic nitrogens is 2. The Labute approximate surface area is 172 Å². The van der Waals surface area contributed by atoms with Crippen LogP contribution < -0.4 is 5.73 Å². The van der Waals surface area contributed by atoms with E-state index in [0.29, 0.717) is 5.03 Å². The van der Waals surface area contributed by atoms with Crippen molar-refractivity contribution < 1.29 is 0 Å². The summed E-state index contributed by atoms with van der Waals surface area (Å²) in [5.74, 6) is 0. The van der Waals surface area contributed by atoms with Gasteiger partial charge in [-0.25, -0.2) is 0 Å². The predicted octanol–water partition coefficient (Wildman–Crippen LogP) is 7.42. The summed E-state index contributed by atoms with van der Waals surface area (Å²) < 4.78 is 3.54. The average Bonchev–Trinajstić information content (AvgIpc) is 3.06. The molecule has 0 spiro atoms. The molecule has 0 saturated carbocycles. The van der Waals surface area contributed by atoms with Crippen LogP contribution in [0.25, 0.3) is 0 Å². The standard InChI is InChI=1S/C19H41N.C2H2N2S2/c1-4-5-6-7-8-9-10-11-12-13-14-15-16-17-18-19(2,3)20;5-2-1-6-4-3-2/h4-18,20H2,1-3H3;1,5H. The molecule has 1 heterocycles. The normalized spacial score (nSPS) is 11.3. The van der Waals surface area contributed by atoms with Gasteiger partial charge in [0.25, 0.3) is 0 Å². The van der Waals surface area contributed by atoms with E-state index in [1.54, 1.807) is 5.38 Å². The van der Waals surface area contributed by atoms with Crippen molar-refractivity contribution in [1.29, 1.82) is 0 Å². The zero-order chi connectivity index (χ0) is 19.5. The van der Waals surface area contributed by atoms with Crippen molar-refractivity contribution in [2.24, 2.45) is 5.73 Å². The van der Waals surface area contributed by atoms with E-state index in [1.165, 1.54) is 108 Å². The third-order valence-corrected chi connectivity index (χ3v) is 5.42. The lowest BCUT2D eigenvalue weighted by Crippen LogP contribution is -2.31. The van der Waals surface area contributed by atoms with Crippen LogP contribution in [0.1, 0.15) is 117 Å². The van der Waals surface area contributed by atoms with E-state index in [9.17, 15) is 0 Å².